The van der Waals surface area contributed by atoms with Gasteiger partial charge in [0.2, 0.25) is 5.75 Å². The summed E-state index contributed by atoms with van der Waals surface area (Å²) in [5.41, 5.74) is 3.26. The summed E-state index contributed by atoms with van der Waals surface area (Å²) in [6.45, 7) is 0.747. The van der Waals surface area contributed by atoms with E-state index in [4.69, 9.17) is 9.47 Å². The molecule has 0 atom stereocenters. The Balaban J connectivity index is 1.98. The predicted molar refractivity (Wildman–Crippen MR) is 87.9 cm³/mol. The minimum Gasteiger partial charge on any atom is -0.489 e. The summed E-state index contributed by atoms with van der Waals surface area (Å²) >= 11 is 1.44. The SMILES string of the molecule is COc1nc(SC)nc(Nc2ccc3c(c2)C=NC3)c1OC. The van der Waals surface area contributed by atoms with Gasteiger partial charge in [0.05, 0.1) is 20.8 Å². The first kappa shape index (κ1) is 14.6. The van der Waals surface area contributed by atoms with Gasteiger partial charge >= 0.3 is 0 Å². The summed E-state index contributed by atoms with van der Waals surface area (Å²) in [5, 5.41) is 3.89. The lowest BCUT2D eigenvalue weighted by molar-refractivity contribution is 0.339. The van der Waals surface area contributed by atoms with Crippen molar-refractivity contribution in [3.05, 3.63) is 29.3 Å². The Morgan fingerprint density at radius 1 is 1.18 bits per heavy atom. The first-order valence-corrected chi connectivity index (χ1v) is 7.91. The molecule has 6 nitrogen and oxygen atoms in total. The first-order chi connectivity index (χ1) is 10.7. The molecule has 0 spiro atoms. The van der Waals surface area contributed by atoms with Gasteiger partial charge in [0.15, 0.2) is 11.0 Å². The zero-order chi connectivity index (χ0) is 15.5. The van der Waals surface area contributed by atoms with E-state index in [2.05, 4.69) is 26.3 Å². The second kappa shape index (κ2) is 6.23. The Morgan fingerprint density at radius 3 is 2.77 bits per heavy atom. The molecule has 0 aliphatic carbocycles. The van der Waals surface area contributed by atoms with E-state index in [9.17, 15) is 0 Å². The van der Waals surface area contributed by atoms with Crippen molar-refractivity contribution in [1.82, 2.24) is 9.97 Å². The van der Waals surface area contributed by atoms with Gasteiger partial charge in [0.1, 0.15) is 0 Å². The van der Waals surface area contributed by atoms with E-state index in [0.717, 1.165) is 17.8 Å². The molecule has 0 fully saturated rings. The average molecular weight is 316 g/mol. The number of nitrogens with zero attached hydrogens (tertiary/aromatic N) is 3. The lowest BCUT2D eigenvalue weighted by atomic mass is 10.1. The van der Waals surface area contributed by atoms with Crippen molar-refractivity contribution in [1.29, 1.82) is 0 Å². The molecule has 7 heteroatoms. The Labute approximate surface area is 133 Å². The second-order valence-electron chi connectivity index (χ2n) is 4.61. The fourth-order valence-corrected chi connectivity index (χ4v) is 2.58. The predicted octanol–water partition coefficient (Wildman–Crippen LogP) is 2.89. The maximum absolute atomic E-state index is 5.38. The third kappa shape index (κ3) is 2.71. The van der Waals surface area contributed by atoms with E-state index in [1.807, 2.05) is 24.6 Å². The summed E-state index contributed by atoms with van der Waals surface area (Å²) < 4.78 is 10.7. The fraction of sp³-hybridized carbons (Fsp3) is 0.267. The monoisotopic (exact) mass is 316 g/mol. The molecular formula is C15H16N4O2S. The van der Waals surface area contributed by atoms with E-state index in [1.165, 1.54) is 17.3 Å². The highest BCUT2D eigenvalue weighted by molar-refractivity contribution is 7.98. The van der Waals surface area contributed by atoms with Gasteiger partial charge in [-0.15, -0.1) is 0 Å². The fourth-order valence-electron chi connectivity index (χ4n) is 2.22. The molecule has 0 amide bonds. The molecule has 0 unspecified atom stereocenters. The molecule has 0 saturated carbocycles. The van der Waals surface area contributed by atoms with Crippen molar-refractivity contribution in [2.45, 2.75) is 11.7 Å². The maximum atomic E-state index is 5.38. The Kier molecular flexibility index (Phi) is 4.15. The minimum atomic E-state index is 0.409. The normalized spacial score (nSPS) is 12.1. The Hall–Kier alpha value is -2.28. The van der Waals surface area contributed by atoms with Crippen LogP contribution in [0.3, 0.4) is 0 Å². The van der Waals surface area contributed by atoms with Crippen molar-refractivity contribution in [3.63, 3.8) is 0 Å². The summed E-state index contributed by atoms with van der Waals surface area (Å²) in [6, 6.07) is 6.10. The third-order valence-corrected chi connectivity index (χ3v) is 3.84. The quantitative estimate of drug-likeness (QED) is 0.676. The van der Waals surface area contributed by atoms with Crippen LogP contribution in [0.5, 0.6) is 11.6 Å². The van der Waals surface area contributed by atoms with E-state index in [-0.39, 0.29) is 0 Å². The van der Waals surface area contributed by atoms with Gasteiger partial charge in [-0.1, -0.05) is 17.8 Å². The molecule has 1 N–H and O–H groups in total. The number of nitrogens with one attached hydrogen (secondary N) is 1. The van der Waals surface area contributed by atoms with Gasteiger partial charge < -0.3 is 14.8 Å². The van der Waals surface area contributed by atoms with Crippen molar-refractivity contribution in [3.8, 4) is 11.6 Å². The highest BCUT2D eigenvalue weighted by atomic mass is 32.2. The van der Waals surface area contributed by atoms with Crippen LogP contribution in [0.15, 0.2) is 28.3 Å². The molecule has 2 aromatic rings. The zero-order valence-electron chi connectivity index (χ0n) is 12.6. The summed E-state index contributed by atoms with van der Waals surface area (Å²) in [5.74, 6) is 1.47. The molecule has 0 radical (unpaired) electrons. The zero-order valence-corrected chi connectivity index (χ0v) is 13.4. The molecule has 1 aliphatic heterocycles. The van der Waals surface area contributed by atoms with Crippen LogP contribution in [-0.4, -0.2) is 36.7 Å². The van der Waals surface area contributed by atoms with Crippen molar-refractivity contribution < 1.29 is 9.47 Å². The Morgan fingerprint density at radius 2 is 2.05 bits per heavy atom. The number of rotatable bonds is 5. The van der Waals surface area contributed by atoms with Crippen molar-refractivity contribution in [2.75, 3.05) is 25.8 Å². The third-order valence-electron chi connectivity index (χ3n) is 3.29. The van der Waals surface area contributed by atoms with E-state index >= 15 is 0 Å². The number of anilines is 2. The summed E-state index contributed by atoms with van der Waals surface area (Å²) in [4.78, 5) is 13.0. The van der Waals surface area contributed by atoms with Gasteiger partial charge in [0.25, 0.3) is 5.88 Å². The molecule has 22 heavy (non-hydrogen) atoms. The van der Waals surface area contributed by atoms with Crippen LogP contribution in [0.2, 0.25) is 0 Å². The summed E-state index contributed by atoms with van der Waals surface area (Å²) in [6.07, 6.45) is 3.79. The Bertz CT molecular complexity index is 734. The van der Waals surface area contributed by atoms with Gasteiger partial charge in [-0.2, -0.15) is 4.98 Å². The van der Waals surface area contributed by atoms with Gasteiger partial charge in [-0.25, -0.2) is 4.98 Å². The number of hydrogen-bond acceptors (Lipinski definition) is 7. The van der Waals surface area contributed by atoms with Crippen LogP contribution in [0, 0.1) is 0 Å². The number of ether oxygens (including phenoxy) is 2. The largest absolute Gasteiger partial charge is 0.489 e. The average Bonchev–Trinajstić information content (AvgIpc) is 3.01. The molecule has 2 heterocycles. The van der Waals surface area contributed by atoms with E-state index < -0.39 is 0 Å². The lowest BCUT2D eigenvalue weighted by Gasteiger charge is -2.14. The molecular weight excluding hydrogens is 300 g/mol. The standard InChI is InChI=1S/C15H16N4O2S/c1-20-12-13(18-15(22-3)19-14(12)21-2)17-11-5-4-9-7-16-8-10(9)6-11/h4-6,8H,7H2,1-3H3,(H,17,18,19). The molecule has 1 aliphatic rings. The highest BCUT2D eigenvalue weighted by Crippen LogP contribution is 2.35. The topological polar surface area (TPSA) is 68.6 Å². The molecule has 1 aromatic carbocycles. The molecule has 3 rings (SSSR count). The van der Waals surface area contributed by atoms with Crippen molar-refractivity contribution >= 4 is 29.5 Å². The van der Waals surface area contributed by atoms with Gasteiger partial charge in [-0.05, 0) is 29.5 Å². The number of hydrogen-bond donors (Lipinski definition) is 1. The van der Waals surface area contributed by atoms with Crippen LogP contribution in [0.4, 0.5) is 11.5 Å². The summed E-state index contributed by atoms with van der Waals surface area (Å²) in [7, 11) is 3.13. The minimum absolute atomic E-state index is 0.409. The van der Waals surface area contributed by atoms with Crippen LogP contribution in [0.25, 0.3) is 0 Å². The highest BCUT2D eigenvalue weighted by Gasteiger charge is 2.16. The molecule has 0 bridgehead atoms. The first-order valence-electron chi connectivity index (χ1n) is 6.69. The molecule has 0 saturated heterocycles. The number of methoxy groups -OCH3 is 2. The number of aliphatic imine (C=N–C) groups is 1. The van der Waals surface area contributed by atoms with Crippen LogP contribution >= 0.6 is 11.8 Å². The van der Waals surface area contributed by atoms with Crippen LogP contribution < -0.4 is 14.8 Å². The van der Waals surface area contributed by atoms with Gasteiger partial charge in [0, 0.05) is 11.9 Å². The molecule has 1 aromatic heterocycles. The number of thioether (sulfide) groups is 1. The number of fused-ring (bicyclic) bond motifs is 1. The number of aromatic nitrogens is 2. The van der Waals surface area contributed by atoms with E-state index in [1.54, 1.807) is 14.2 Å². The lowest BCUT2D eigenvalue weighted by Crippen LogP contribution is -2.04. The second-order valence-corrected chi connectivity index (χ2v) is 5.38. The van der Waals surface area contributed by atoms with Crippen molar-refractivity contribution in [2.24, 2.45) is 4.99 Å². The van der Waals surface area contributed by atoms with Crippen LogP contribution in [0.1, 0.15) is 11.1 Å². The van der Waals surface area contributed by atoms with Crippen LogP contribution in [-0.2, 0) is 6.54 Å². The maximum Gasteiger partial charge on any atom is 0.263 e. The van der Waals surface area contributed by atoms with E-state index in [0.29, 0.717) is 22.6 Å². The number of benzene rings is 1. The van der Waals surface area contributed by atoms with Gasteiger partial charge in [-0.3, -0.25) is 4.99 Å². The smallest absolute Gasteiger partial charge is 0.263 e. The molecule has 114 valence electrons.